The van der Waals surface area contributed by atoms with Crippen LogP contribution in [0.1, 0.15) is 39.0 Å². The molecule has 1 fully saturated rings. The predicted molar refractivity (Wildman–Crippen MR) is 43.0 cm³/mol. The second kappa shape index (κ2) is 4.35. The van der Waals surface area contributed by atoms with Gasteiger partial charge in [0.25, 0.3) is 0 Å². The van der Waals surface area contributed by atoms with E-state index in [1.807, 2.05) is 6.92 Å². The van der Waals surface area contributed by atoms with Crippen molar-refractivity contribution in [2.75, 3.05) is 0 Å². The van der Waals surface area contributed by atoms with Gasteiger partial charge in [-0.05, 0) is 19.8 Å². The highest BCUT2D eigenvalue weighted by Crippen LogP contribution is 2.21. The summed E-state index contributed by atoms with van der Waals surface area (Å²) in [5.41, 5.74) is 0. The lowest BCUT2D eigenvalue weighted by Gasteiger charge is -2.22. The molecule has 2 heteroatoms. The highest BCUT2D eigenvalue weighted by Gasteiger charge is 2.15. The normalized spacial score (nSPS) is 22.5. The fraction of sp³-hybridized carbons (Fsp3) is 0.889. The molecule has 0 aromatic carbocycles. The Balaban J connectivity index is 2.20. The molecule has 1 atom stereocenters. The first kappa shape index (κ1) is 8.55. The molecular weight excluding hydrogens is 138 g/mol. The maximum absolute atomic E-state index is 8.49. The number of hydrogen-bond donors (Lipinski definition) is 0. The van der Waals surface area contributed by atoms with Crippen LogP contribution < -0.4 is 0 Å². The van der Waals surface area contributed by atoms with Crippen LogP contribution in [0.5, 0.6) is 0 Å². The zero-order chi connectivity index (χ0) is 8.10. The van der Waals surface area contributed by atoms with E-state index < -0.39 is 0 Å². The van der Waals surface area contributed by atoms with Gasteiger partial charge in [-0.25, -0.2) is 0 Å². The third kappa shape index (κ3) is 2.90. The summed E-state index contributed by atoms with van der Waals surface area (Å²) in [5.74, 6) is 0. The van der Waals surface area contributed by atoms with Gasteiger partial charge in [-0.15, -0.1) is 0 Å². The Morgan fingerprint density at radius 3 is 2.55 bits per heavy atom. The van der Waals surface area contributed by atoms with Gasteiger partial charge in [0.1, 0.15) is 6.10 Å². The molecule has 0 heterocycles. The summed E-state index contributed by atoms with van der Waals surface area (Å²) in [7, 11) is 0. The number of hydrogen-bond acceptors (Lipinski definition) is 2. The van der Waals surface area contributed by atoms with Crippen molar-refractivity contribution < 1.29 is 4.74 Å². The Kier molecular flexibility index (Phi) is 3.38. The molecule has 0 aromatic rings. The lowest BCUT2D eigenvalue weighted by atomic mass is 9.98. The number of ether oxygens (including phenoxy) is 1. The summed E-state index contributed by atoms with van der Waals surface area (Å²) in [4.78, 5) is 0. The van der Waals surface area contributed by atoms with Crippen LogP contribution >= 0.6 is 0 Å². The van der Waals surface area contributed by atoms with E-state index in [1.165, 1.54) is 19.3 Å². The summed E-state index contributed by atoms with van der Waals surface area (Å²) < 4.78 is 5.48. The molecule has 0 spiro atoms. The minimum Gasteiger partial charge on any atom is -0.360 e. The Hall–Kier alpha value is -0.550. The number of nitrogens with zero attached hydrogens (tertiary/aromatic N) is 1. The molecule has 0 aromatic heterocycles. The summed E-state index contributed by atoms with van der Waals surface area (Å²) in [5, 5.41) is 8.49. The first-order chi connectivity index (χ1) is 5.33. The fourth-order valence-corrected chi connectivity index (χ4v) is 1.52. The van der Waals surface area contributed by atoms with Crippen LogP contribution in [0.25, 0.3) is 0 Å². The average Bonchev–Trinajstić information content (AvgIpc) is 2.06. The molecule has 1 aliphatic rings. The third-order valence-corrected chi connectivity index (χ3v) is 2.13. The van der Waals surface area contributed by atoms with E-state index in [9.17, 15) is 0 Å². The van der Waals surface area contributed by atoms with Crippen molar-refractivity contribution >= 4 is 0 Å². The van der Waals surface area contributed by atoms with Crippen molar-refractivity contribution in [3.63, 3.8) is 0 Å². The lowest BCUT2D eigenvalue weighted by Crippen LogP contribution is -2.21. The van der Waals surface area contributed by atoms with Gasteiger partial charge in [0, 0.05) is 0 Å². The van der Waals surface area contributed by atoms with Crippen LogP contribution in [0.3, 0.4) is 0 Å². The second-order valence-electron chi connectivity index (χ2n) is 3.17. The minimum atomic E-state index is -0.224. The van der Waals surface area contributed by atoms with Crippen LogP contribution in [0.2, 0.25) is 0 Å². The number of rotatable bonds is 2. The summed E-state index contributed by atoms with van der Waals surface area (Å²) >= 11 is 0. The molecule has 0 radical (unpaired) electrons. The van der Waals surface area contributed by atoms with Crippen LogP contribution in [0, 0.1) is 11.3 Å². The molecule has 1 saturated carbocycles. The van der Waals surface area contributed by atoms with Gasteiger partial charge in [-0.3, -0.25) is 0 Å². The van der Waals surface area contributed by atoms with E-state index in [0.29, 0.717) is 6.10 Å². The van der Waals surface area contributed by atoms with Crippen LogP contribution in [0.4, 0.5) is 0 Å². The molecule has 0 bridgehead atoms. The van der Waals surface area contributed by atoms with E-state index in [4.69, 9.17) is 10.00 Å². The predicted octanol–water partition coefficient (Wildman–Crippen LogP) is 2.25. The molecule has 0 amide bonds. The molecule has 0 aliphatic heterocycles. The molecule has 1 aliphatic carbocycles. The molecule has 62 valence electrons. The smallest absolute Gasteiger partial charge is 0.141 e. The van der Waals surface area contributed by atoms with Gasteiger partial charge in [0.05, 0.1) is 12.2 Å². The Morgan fingerprint density at radius 2 is 2.00 bits per heavy atom. The summed E-state index contributed by atoms with van der Waals surface area (Å²) in [6.07, 6.45) is 6.29. The molecular formula is C9H15NO. The molecule has 0 unspecified atom stereocenters. The first-order valence-electron chi connectivity index (χ1n) is 4.38. The van der Waals surface area contributed by atoms with E-state index in [1.54, 1.807) is 0 Å². The van der Waals surface area contributed by atoms with Gasteiger partial charge >= 0.3 is 0 Å². The average molecular weight is 153 g/mol. The second-order valence-corrected chi connectivity index (χ2v) is 3.17. The Labute approximate surface area is 68.2 Å². The lowest BCUT2D eigenvalue weighted by molar-refractivity contribution is 0.00471. The number of nitriles is 1. The zero-order valence-corrected chi connectivity index (χ0v) is 7.05. The highest BCUT2D eigenvalue weighted by molar-refractivity contribution is 4.81. The largest absolute Gasteiger partial charge is 0.360 e. The maximum Gasteiger partial charge on any atom is 0.141 e. The molecule has 11 heavy (non-hydrogen) atoms. The zero-order valence-electron chi connectivity index (χ0n) is 7.05. The molecule has 0 N–H and O–H groups in total. The van der Waals surface area contributed by atoms with Crippen LogP contribution in [-0.4, -0.2) is 12.2 Å². The maximum atomic E-state index is 8.49. The van der Waals surface area contributed by atoms with E-state index >= 15 is 0 Å². The standard InChI is InChI=1S/C9H15NO/c1-8(7-10)11-9-5-3-2-4-6-9/h8-9H,2-6H2,1H3/t8-/m0/s1. The summed E-state index contributed by atoms with van der Waals surface area (Å²) in [6.45, 7) is 1.81. The van der Waals surface area contributed by atoms with Gasteiger partial charge in [0.2, 0.25) is 0 Å². The minimum absolute atomic E-state index is 0.224. The quantitative estimate of drug-likeness (QED) is 0.609. The van der Waals surface area contributed by atoms with Crippen molar-refractivity contribution in [2.45, 2.75) is 51.2 Å². The molecule has 0 saturated heterocycles. The topological polar surface area (TPSA) is 33.0 Å². The third-order valence-electron chi connectivity index (χ3n) is 2.13. The van der Waals surface area contributed by atoms with Crippen LogP contribution in [-0.2, 0) is 4.74 Å². The summed E-state index contributed by atoms with van der Waals surface area (Å²) in [6, 6.07) is 2.09. The Bertz CT molecular complexity index is 144. The van der Waals surface area contributed by atoms with Crippen molar-refractivity contribution in [1.82, 2.24) is 0 Å². The van der Waals surface area contributed by atoms with E-state index in [0.717, 1.165) is 12.8 Å². The van der Waals surface area contributed by atoms with Gasteiger partial charge in [0.15, 0.2) is 0 Å². The Morgan fingerprint density at radius 1 is 1.36 bits per heavy atom. The fourth-order valence-electron chi connectivity index (χ4n) is 1.52. The van der Waals surface area contributed by atoms with Gasteiger partial charge in [-0.1, -0.05) is 19.3 Å². The van der Waals surface area contributed by atoms with Gasteiger partial charge < -0.3 is 4.74 Å². The van der Waals surface area contributed by atoms with Gasteiger partial charge in [-0.2, -0.15) is 5.26 Å². The molecule has 2 nitrogen and oxygen atoms in total. The van der Waals surface area contributed by atoms with Crippen molar-refractivity contribution in [1.29, 1.82) is 5.26 Å². The first-order valence-corrected chi connectivity index (χ1v) is 4.38. The van der Waals surface area contributed by atoms with Crippen LogP contribution in [0.15, 0.2) is 0 Å². The van der Waals surface area contributed by atoms with Crippen molar-refractivity contribution in [3.8, 4) is 6.07 Å². The monoisotopic (exact) mass is 153 g/mol. The van der Waals surface area contributed by atoms with E-state index in [-0.39, 0.29) is 6.10 Å². The van der Waals surface area contributed by atoms with Crippen molar-refractivity contribution in [3.05, 3.63) is 0 Å². The highest BCUT2D eigenvalue weighted by atomic mass is 16.5. The van der Waals surface area contributed by atoms with Crippen molar-refractivity contribution in [2.24, 2.45) is 0 Å². The molecule has 1 rings (SSSR count). The SMILES string of the molecule is C[C@@H](C#N)OC1CCCCC1. The van der Waals surface area contributed by atoms with E-state index in [2.05, 4.69) is 6.07 Å².